The van der Waals surface area contributed by atoms with Crippen molar-refractivity contribution in [2.75, 3.05) is 13.2 Å². The van der Waals surface area contributed by atoms with Crippen molar-refractivity contribution in [2.45, 2.75) is 437 Å². The predicted octanol–water partition coefficient (Wildman–Crippen LogP) is 23.9. The Morgan fingerprint density at radius 3 is 0.887 bits per heavy atom. The van der Waals surface area contributed by atoms with Gasteiger partial charge in [-0.2, -0.15) is 0 Å². The van der Waals surface area contributed by atoms with Gasteiger partial charge in [-0.05, 0) is 51.4 Å². The highest BCUT2D eigenvalue weighted by Crippen LogP contribution is 2.19. The zero-order valence-corrected chi connectivity index (χ0v) is 54.6. The number of hydrogen-bond acceptors (Lipinski definition) is 5. The maximum absolute atomic E-state index is 12.5. The van der Waals surface area contributed by atoms with E-state index in [1.165, 1.54) is 353 Å². The Kier molecular flexibility index (Phi) is 68.9. The van der Waals surface area contributed by atoms with Crippen LogP contribution in [0.25, 0.3) is 0 Å². The molecule has 2 atom stereocenters. The van der Waals surface area contributed by atoms with Crippen LogP contribution in [0.1, 0.15) is 425 Å². The van der Waals surface area contributed by atoms with E-state index in [1.54, 1.807) is 0 Å². The van der Waals surface area contributed by atoms with Crippen LogP contribution in [-0.4, -0.2) is 47.4 Å². The van der Waals surface area contributed by atoms with Crippen molar-refractivity contribution in [3.8, 4) is 0 Å². The topological polar surface area (TPSA) is 95.9 Å². The zero-order valence-electron chi connectivity index (χ0n) is 54.6. The minimum atomic E-state index is -0.659. The largest absolute Gasteiger partial charge is 0.466 e. The molecule has 0 spiro atoms. The number of aliphatic hydroxyl groups excluding tert-OH is 2. The zero-order chi connectivity index (χ0) is 57.8. The van der Waals surface area contributed by atoms with Gasteiger partial charge in [-0.3, -0.25) is 9.59 Å². The third kappa shape index (κ3) is 65.7. The molecule has 0 bridgehead atoms. The molecule has 0 aliphatic rings. The van der Waals surface area contributed by atoms with E-state index >= 15 is 0 Å². The third-order valence-electron chi connectivity index (χ3n) is 17.6. The predicted molar refractivity (Wildman–Crippen MR) is 352 cm³/mol. The number of esters is 1. The molecule has 0 aromatic carbocycles. The van der Waals surface area contributed by atoms with Gasteiger partial charge in [0.2, 0.25) is 5.91 Å². The van der Waals surface area contributed by atoms with E-state index < -0.39 is 12.1 Å². The van der Waals surface area contributed by atoms with Gasteiger partial charge in [0.05, 0.1) is 25.4 Å². The standard InChI is InChI=1S/C74H145NO5/c1-3-5-7-9-11-13-15-16-17-37-41-44-48-52-56-60-64-68-74(79)80-69-65-61-57-53-49-45-42-39-36-34-32-30-28-26-24-22-20-18-19-21-23-25-27-29-31-33-35-38-40-43-47-51-55-59-63-67-73(78)75-71(70-76)72(77)66-62-58-54-50-46-14-12-10-8-6-4-2/h20,22,71-72,76-77H,3-19,21,23-70H2,1-2H3,(H,75,78)/b22-20-. The van der Waals surface area contributed by atoms with E-state index in [2.05, 4.69) is 31.3 Å². The van der Waals surface area contributed by atoms with Gasteiger partial charge >= 0.3 is 5.97 Å². The highest BCUT2D eigenvalue weighted by molar-refractivity contribution is 5.76. The van der Waals surface area contributed by atoms with Crippen LogP contribution in [-0.2, 0) is 14.3 Å². The minimum absolute atomic E-state index is 0.0251. The lowest BCUT2D eigenvalue weighted by atomic mass is 10.0. The van der Waals surface area contributed by atoms with Gasteiger partial charge in [-0.1, -0.05) is 373 Å². The third-order valence-corrected chi connectivity index (χ3v) is 17.6. The van der Waals surface area contributed by atoms with Crippen molar-refractivity contribution in [3.05, 3.63) is 12.2 Å². The van der Waals surface area contributed by atoms with E-state index in [0.717, 1.165) is 38.5 Å². The second-order valence-corrected chi connectivity index (χ2v) is 25.6. The smallest absolute Gasteiger partial charge is 0.305 e. The number of amides is 1. The Bertz CT molecular complexity index is 1210. The quantitative estimate of drug-likeness (QED) is 0.0320. The first-order chi connectivity index (χ1) is 39.5. The first-order valence-electron chi connectivity index (χ1n) is 36.9. The van der Waals surface area contributed by atoms with Gasteiger partial charge in [-0.25, -0.2) is 0 Å². The maximum Gasteiger partial charge on any atom is 0.305 e. The van der Waals surface area contributed by atoms with E-state index in [4.69, 9.17) is 4.74 Å². The van der Waals surface area contributed by atoms with E-state index in [-0.39, 0.29) is 18.5 Å². The average molecular weight is 1130 g/mol. The Hall–Kier alpha value is -1.40. The van der Waals surface area contributed by atoms with Crippen LogP contribution in [0, 0.1) is 0 Å². The molecule has 2 unspecified atom stereocenters. The van der Waals surface area contributed by atoms with E-state index in [1.807, 2.05) is 0 Å². The summed E-state index contributed by atoms with van der Waals surface area (Å²) in [7, 11) is 0. The molecule has 0 rings (SSSR count). The first kappa shape index (κ1) is 78.6. The fourth-order valence-corrected chi connectivity index (χ4v) is 11.9. The molecule has 0 saturated heterocycles. The fraction of sp³-hybridized carbons (Fsp3) is 0.946. The molecule has 0 saturated carbocycles. The number of allylic oxidation sites excluding steroid dienone is 2. The molecular weight excluding hydrogens is 983 g/mol. The molecule has 476 valence electrons. The van der Waals surface area contributed by atoms with Crippen LogP contribution in [0.3, 0.4) is 0 Å². The van der Waals surface area contributed by atoms with Gasteiger partial charge in [0.1, 0.15) is 0 Å². The van der Waals surface area contributed by atoms with Crippen LogP contribution >= 0.6 is 0 Å². The van der Waals surface area contributed by atoms with Crippen LogP contribution in [0.2, 0.25) is 0 Å². The summed E-state index contributed by atoms with van der Waals surface area (Å²) in [6, 6.07) is -0.536. The summed E-state index contributed by atoms with van der Waals surface area (Å²) in [5.74, 6) is -0.00484. The summed E-state index contributed by atoms with van der Waals surface area (Å²) in [5.41, 5.74) is 0. The minimum Gasteiger partial charge on any atom is -0.466 e. The van der Waals surface area contributed by atoms with Crippen molar-refractivity contribution in [1.82, 2.24) is 5.32 Å². The van der Waals surface area contributed by atoms with Crippen molar-refractivity contribution >= 4 is 11.9 Å². The van der Waals surface area contributed by atoms with Crippen LogP contribution in [0.15, 0.2) is 12.2 Å². The van der Waals surface area contributed by atoms with Gasteiger partial charge in [0.15, 0.2) is 0 Å². The monoisotopic (exact) mass is 1130 g/mol. The van der Waals surface area contributed by atoms with Gasteiger partial charge in [0.25, 0.3) is 0 Å². The summed E-state index contributed by atoms with van der Waals surface area (Å²) in [4.78, 5) is 24.6. The first-order valence-corrected chi connectivity index (χ1v) is 36.9. The number of nitrogens with one attached hydrogen (secondary N) is 1. The van der Waals surface area contributed by atoms with Gasteiger partial charge in [-0.15, -0.1) is 0 Å². The molecule has 0 aliphatic carbocycles. The number of carbonyl (C=O) groups is 2. The second kappa shape index (κ2) is 70.1. The summed E-state index contributed by atoms with van der Waals surface area (Å²) in [6.45, 7) is 4.99. The van der Waals surface area contributed by atoms with Crippen LogP contribution < -0.4 is 5.32 Å². The summed E-state index contributed by atoms with van der Waals surface area (Å²) in [5, 5.41) is 23.2. The number of carbonyl (C=O) groups excluding carboxylic acids is 2. The lowest BCUT2D eigenvalue weighted by Crippen LogP contribution is -2.45. The number of ether oxygens (including phenoxy) is 1. The molecule has 0 radical (unpaired) electrons. The highest BCUT2D eigenvalue weighted by atomic mass is 16.5. The Balaban J connectivity index is 3.30. The van der Waals surface area contributed by atoms with Crippen molar-refractivity contribution in [1.29, 1.82) is 0 Å². The summed E-state index contributed by atoms with van der Waals surface area (Å²) >= 11 is 0. The number of rotatable bonds is 70. The van der Waals surface area contributed by atoms with Gasteiger partial charge in [0, 0.05) is 12.8 Å². The van der Waals surface area contributed by atoms with Crippen molar-refractivity contribution < 1.29 is 24.5 Å². The number of aliphatic hydroxyl groups is 2. The molecule has 0 fully saturated rings. The molecule has 0 aliphatic heterocycles. The second-order valence-electron chi connectivity index (χ2n) is 25.6. The number of unbranched alkanes of at least 4 members (excludes halogenated alkanes) is 57. The Morgan fingerprint density at radius 2 is 0.588 bits per heavy atom. The molecule has 80 heavy (non-hydrogen) atoms. The molecule has 0 aromatic heterocycles. The highest BCUT2D eigenvalue weighted by Gasteiger charge is 2.20. The average Bonchev–Trinajstić information content (AvgIpc) is 3.46. The maximum atomic E-state index is 12.5. The Labute approximate surface area is 501 Å². The molecule has 0 heterocycles. The van der Waals surface area contributed by atoms with Gasteiger partial charge < -0.3 is 20.3 Å². The molecule has 6 nitrogen and oxygen atoms in total. The summed E-state index contributed by atoms with van der Waals surface area (Å²) < 4.78 is 5.51. The normalized spacial score (nSPS) is 12.5. The van der Waals surface area contributed by atoms with E-state index in [9.17, 15) is 19.8 Å². The molecule has 1 amide bonds. The molecule has 3 N–H and O–H groups in total. The van der Waals surface area contributed by atoms with Crippen molar-refractivity contribution in [3.63, 3.8) is 0 Å². The SMILES string of the molecule is CCCCCCCCCCCCCCCCCCCC(=O)OCCCCCCCCCCCCCCCC/C=C\CCCCCCCCCCCCCCCCCCCC(=O)NC(CO)C(O)CCCCCCCCCCCCC. The lowest BCUT2D eigenvalue weighted by molar-refractivity contribution is -0.143. The van der Waals surface area contributed by atoms with Crippen molar-refractivity contribution in [2.24, 2.45) is 0 Å². The van der Waals surface area contributed by atoms with Crippen LogP contribution in [0.4, 0.5) is 0 Å². The summed E-state index contributed by atoms with van der Waals surface area (Å²) in [6.07, 6.45) is 87.2. The van der Waals surface area contributed by atoms with Crippen LogP contribution in [0.5, 0.6) is 0 Å². The molecular formula is C74H145NO5. The molecule has 6 heteroatoms. The van der Waals surface area contributed by atoms with E-state index in [0.29, 0.717) is 25.9 Å². The lowest BCUT2D eigenvalue weighted by Gasteiger charge is -2.22. The molecule has 0 aromatic rings. The fourth-order valence-electron chi connectivity index (χ4n) is 11.9. The number of hydrogen-bond donors (Lipinski definition) is 3. The Morgan fingerprint density at radius 1 is 0.338 bits per heavy atom.